The lowest BCUT2D eigenvalue weighted by molar-refractivity contribution is -0.143. The number of nitrogens with zero attached hydrogens (tertiary/aromatic N) is 2. The number of nitrogens with one attached hydrogen (secondary N) is 2. The van der Waals surface area contributed by atoms with Crippen LogP contribution in [0.5, 0.6) is 0 Å². The van der Waals surface area contributed by atoms with Crippen LogP contribution >= 0.6 is 0 Å². The summed E-state index contributed by atoms with van der Waals surface area (Å²) in [4.78, 5) is 18.8. The summed E-state index contributed by atoms with van der Waals surface area (Å²) < 4.78 is 0. The number of hydrazine groups is 1. The van der Waals surface area contributed by atoms with Crippen molar-refractivity contribution in [3.05, 3.63) is 35.4 Å². The van der Waals surface area contributed by atoms with Gasteiger partial charge in [0.2, 0.25) is 0 Å². The first-order valence-corrected chi connectivity index (χ1v) is 15.4. The molecule has 2 unspecified atom stereocenters. The van der Waals surface area contributed by atoms with Crippen LogP contribution in [0.1, 0.15) is 121 Å². The van der Waals surface area contributed by atoms with Gasteiger partial charge in [-0.1, -0.05) is 121 Å². The third-order valence-corrected chi connectivity index (χ3v) is 8.22. The third kappa shape index (κ3) is 11.8. The van der Waals surface area contributed by atoms with Crippen molar-refractivity contribution in [3.63, 3.8) is 0 Å². The van der Waals surface area contributed by atoms with Gasteiger partial charge < -0.3 is 10.2 Å². The van der Waals surface area contributed by atoms with Crippen LogP contribution in [0.4, 0.5) is 0 Å². The second-order valence-corrected chi connectivity index (χ2v) is 11.4. The fourth-order valence-electron chi connectivity index (χ4n) is 5.86. The number of unbranched alkanes of at least 4 members (excludes halogenated alkanes) is 11. The molecule has 37 heavy (non-hydrogen) atoms. The molecule has 2 fully saturated rings. The third-order valence-electron chi connectivity index (χ3n) is 8.22. The molecule has 0 bridgehead atoms. The molecule has 2 aliphatic rings. The first-order chi connectivity index (χ1) is 18.2. The highest BCUT2D eigenvalue weighted by atomic mass is 16.7. The maximum Gasteiger partial charge on any atom is 0.342 e. The van der Waals surface area contributed by atoms with E-state index in [0.717, 1.165) is 13.1 Å². The highest BCUT2D eigenvalue weighted by molar-refractivity contribution is 5.72. The zero-order valence-electron chi connectivity index (χ0n) is 23.8. The number of hydrogen-bond acceptors (Lipinski definition) is 6. The first kappa shape index (κ1) is 30.1. The average molecular weight is 515 g/mol. The topological polar surface area (TPSA) is 56.8 Å². The highest BCUT2D eigenvalue weighted by Crippen LogP contribution is 2.27. The van der Waals surface area contributed by atoms with E-state index in [1.807, 2.05) is 0 Å². The first-order valence-electron chi connectivity index (χ1n) is 15.4. The molecule has 2 atom stereocenters. The molecule has 6 heteroatoms. The second kappa shape index (κ2) is 17.9. The van der Waals surface area contributed by atoms with E-state index in [2.05, 4.69) is 53.9 Å². The molecule has 1 aromatic rings. The predicted molar refractivity (Wildman–Crippen MR) is 153 cm³/mol. The van der Waals surface area contributed by atoms with Crippen molar-refractivity contribution in [2.24, 2.45) is 0 Å². The van der Waals surface area contributed by atoms with E-state index >= 15 is 0 Å². The van der Waals surface area contributed by atoms with Crippen molar-refractivity contribution in [1.29, 1.82) is 0 Å². The normalized spacial score (nSPS) is 18.7. The van der Waals surface area contributed by atoms with Crippen molar-refractivity contribution < 1.29 is 9.63 Å². The second-order valence-electron chi connectivity index (χ2n) is 11.4. The summed E-state index contributed by atoms with van der Waals surface area (Å²) in [6.07, 6.45) is 19.5. The van der Waals surface area contributed by atoms with E-state index in [0.29, 0.717) is 25.0 Å². The predicted octanol–water partition coefficient (Wildman–Crippen LogP) is 6.32. The fraction of sp³-hybridized carbons (Fsp3) is 0.774. The van der Waals surface area contributed by atoms with Gasteiger partial charge in [0.05, 0.1) is 0 Å². The minimum Gasteiger partial charge on any atom is -0.354 e. The lowest BCUT2D eigenvalue weighted by atomic mass is 9.90. The van der Waals surface area contributed by atoms with Crippen LogP contribution in [-0.4, -0.2) is 54.6 Å². The SMILES string of the molecule is CCCCCCCCCCCCCCC(CC(C)c1ccc(CN2CC(=O)ON2)cc1)N1CCNCC1. The van der Waals surface area contributed by atoms with Crippen LogP contribution in [0.2, 0.25) is 0 Å². The van der Waals surface area contributed by atoms with Gasteiger partial charge in [-0.2, -0.15) is 5.01 Å². The number of hydrogen-bond donors (Lipinski definition) is 2. The zero-order chi connectivity index (χ0) is 26.1. The van der Waals surface area contributed by atoms with E-state index in [1.54, 1.807) is 5.01 Å². The van der Waals surface area contributed by atoms with E-state index in [-0.39, 0.29) is 5.97 Å². The summed E-state index contributed by atoms with van der Waals surface area (Å²) in [6, 6.07) is 9.62. The molecule has 2 aliphatic heterocycles. The van der Waals surface area contributed by atoms with E-state index in [9.17, 15) is 4.79 Å². The van der Waals surface area contributed by atoms with Crippen LogP contribution in [0, 0.1) is 0 Å². The van der Waals surface area contributed by atoms with Crippen LogP contribution in [0.15, 0.2) is 24.3 Å². The number of carbonyl (C=O) groups excluding carboxylic acids is 1. The Balaban J connectivity index is 1.35. The molecular weight excluding hydrogens is 460 g/mol. The molecule has 210 valence electrons. The van der Waals surface area contributed by atoms with Crippen LogP contribution in [-0.2, 0) is 16.2 Å². The molecular formula is C31H54N4O2. The Bertz CT molecular complexity index is 735. The standard InChI is InChI=1S/C31H54N4O2/c1-3-4-5-6-7-8-9-10-11-12-13-14-15-30(34-22-20-32-21-23-34)24-27(2)29-18-16-28(17-19-29)25-35-26-31(36)37-33-35/h16-19,27,30,32-33H,3-15,20-26H2,1-2H3. The van der Waals surface area contributed by atoms with Gasteiger partial charge in [0.25, 0.3) is 0 Å². The average Bonchev–Trinajstić information content (AvgIpc) is 3.33. The lowest BCUT2D eigenvalue weighted by Crippen LogP contribution is -2.48. The van der Waals surface area contributed by atoms with Crippen LogP contribution in [0.25, 0.3) is 0 Å². The zero-order valence-corrected chi connectivity index (χ0v) is 23.8. The summed E-state index contributed by atoms with van der Waals surface area (Å²) in [5, 5.41) is 5.33. The van der Waals surface area contributed by atoms with Crippen LogP contribution in [0.3, 0.4) is 0 Å². The Morgan fingerprint density at radius 3 is 2.03 bits per heavy atom. The summed E-state index contributed by atoms with van der Waals surface area (Å²) >= 11 is 0. The molecule has 0 saturated carbocycles. The summed E-state index contributed by atoms with van der Waals surface area (Å²) in [5.74, 6) is 0.318. The maximum absolute atomic E-state index is 11.3. The molecule has 3 rings (SSSR count). The van der Waals surface area contributed by atoms with Gasteiger partial charge in [-0.15, -0.1) is 0 Å². The smallest absolute Gasteiger partial charge is 0.342 e. The molecule has 2 N–H and O–H groups in total. The molecule has 0 aromatic heterocycles. The van der Waals surface area contributed by atoms with E-state index in [4.69, 9.17) is 4.84 Å². The Hall–Kier alpha value is -1.47. The minimum atomic E-state index is -0.225. The van der Waals surface area contributed by atoms with Crippen molar-refractivity contribution in [3.8, 4) is 0 Å². The van der Waals surface area contributed by atoms with Gasteiger partial charge in [-0.25, -0.2) is 4.79 Å². The van der Waals surface area contributed by atoms with Crippen molar-refractivity contribution in [1.82, 2.24) is 20.8 Å². The fourth-order valence-corrected chi connectivity index (χ4v) is 5.86. The molecule has 6 nitrogen and oxygen atoms in total. The van der Waals surface area contributed by atoms with Crippen molar-refractivity contribution in [2.45, 2.75) is 122 Å². The molecule has 0 aliphatic carbocycles. The molecule has 1 aromatic carbocycles. The number of benzene rings is 1. The van der Waals surface area contributed by atoms with Gasteiger partial charge >= 0.3 is 5.97 Å². The summed E-state index contributed by atoms with van der Waals surface area (Å²) in [6.45, 7) is 10.2. The summed E-state index contributed by atoms with van der Waals surface area (Å²) in [7, 11) is 0. The molecule has 0 radical (unpaired) electrons. The minimum absolute atomic E-state index is 0.225. The van der Waals surface area contributed by atoms with Crippen LogP contribution < -0.4 is 10.9 Å². The Morgan fingerprint density at radius 1 is 0.865 bits per heavy atom. The highest BCUT2D eigenvalue weighted by Gasteiger charge is 2.23. The monoisotopic (exact) mass is 514 g/mol. The summed E-state index contributed by atoms with van der Waals surface area (Å²) in [5.41, 5.74) is 5.29. The van der Waals surface area contributed by atoms with Crippen molar-refractivity contribution in [2.75, 3.05) is 32.7 Å². The molecule has 0 spiro atoms. The lowest BCUT2D eigenvalue weighted by Gasteiger charge is -2.36. The number of piperazine rings is 1. The Labute approximate surface area is 226 Å². The quantitative estimate of drug-likeness (QED) is 0.211. The van der Waals surface area contributed by atoms with E-state index < -0.39 is 0 Å². The van der Waals surface area contributed by atoms with Gasteiger partial charge in [0.15, 0.2) is 0 Å². The van der Waals surface area contributed by atoms with Gasteiger partial charge in [0, 0.05) is 38.8 Å². The van der Waals surface area contributed by atoms with Gasteiger partial charge in [-0.3, -0.25) is 4.90 Å². The van der Waals surface area contributed by atoms with Crippen molar-refractivity contribution >= 4 is 5.97 Å². The molecule has 2 saturated heterocycles. The maximum atomic E-state index is 11.3. The Morgan fingerprint density at radius 2 is 1.46 bits per heavy atom. The molecule has 2 heterocycles. The number of carbonyl (C=O) groups is 1. The molecule has 0 amide bonds. The van der Waals surface area contributed by atoms with Gasteiger partial charge in [0.1, 0.15) is 6.54 Å². The Kier molecular flexibility index (Phi) is 14.6. The van der Waals surface area contributed by atoms with E-state index in [1.165, 1.54) is 114 Å². The number of rotatable bonds is 19. The van der Waals surface area contributed by atoms with Gasteiger partial charge in [-0.05, 0) is 29.9 Å². The largest absolute Gasteiger partial charge is 0.354 e.